The number of hydrogen-bond donors (Lipinski definition) is 1. The Kier molecular flexibility index (Phi) is 3.27. The minimum atomic E-state index is -0.164. The molecule has 0 saturated heterocycles. The summed E-state index contributed by atoms with van der Waals surface area (Å²) in [6.07, 6.45) is 3.61. The van der Waals surface area contributed by atoms with Gasteiger partial charge in [-0.2, -0.15) is 0 Å². The Morgan fingerprint density at radius 2 is 1.88 bits per heavy atom. The van der Waals surface area contributed by atoms with E-state index in [2.05, 4.69) is 26.0 Å². The summed E-state index contributed by atoms with van der Waals surface area (Å²) in [5, 5.41) is 0.781. The Morgan fingerprint density at radius 1 is 1.25 bits per heavy atom. The van der Waals surface area contributed by atoms with Gasteiger partial charge in [-0.05, 0) is 36.0 Å². The highest BCUT2D eigenvalue weighted by molar-refractivity contribution is 6.30. The third kappa shape index (κ3) is 1.99. The summed E-state index contributed by atoms with van der Waals surface area (Å²) in [4.78, 5) is 0. The summed E-state index contributed by atoms with van der Waals surface area (Å²) < 4.78 is 0. The van der Waals surface area contributed by atoms with Crippen molar-refractivity contribution in [1.82, 2.24) is 0 Å². The highest BCUT2D eigenvalue weighted by Crippen LogP contribution is 2.42. The second kappa shape index (κ2) is 4.38. The first-order valence-electron chi connectivity index (χ1n) is 6.09. The Hall–Kier alpha value is -0.530. The second-order valence-electron chi connectivity index (χ2n) is 5.21. The van der Waals surface area contributed by atoms with E-state index in [1.807, 2.05) is 12.1 Å². The fourth-order valence-corrected chi connectivity index (χ4v) is 3.00. The molecule has 2 rings (SSSR count). The summed E-state index contributed by atoms with van der Waals surface area (Å²) in [6.45, 7) is 4.58. The molecule has 1 aromatic rings. The summed E-state index contributed by atoms with van der Waals surface area (Å²) >= 11 is 5.92. The van der Waals surface area contributed by atoms with Crippen LogP contribution >= 0.6 is 11.6 Å². The molecule has 1 aliphatic carbocycles. The minimum absolute atomic E-state index is 0.164. The molecular formula is C14H20ClN. The Morgan fingerprint density at radius 3 is 2.50 bits per heavy atom. The summed E-state index contributed by atoms with van der Waals surface area (Å²) in [7, 11) is 0. The predicted octanol–water partition coefficient (Wildman–Crippen LogP) is 3.95. The average molecular weight is 238 g/mol. The highest BCUT2D eigenvalue weighted by atomic mass is 35.5. The molecule has 0 bridgehead atoms. The fraction of sp³-hybridized carbons (Fsp3) is 0.571. The van der Waals surface area contributed by atoms with E-state index in [9.17, 15) is 0 Å². The van der Waals surface area contributed by atoms with Crippen molar-refractivity contribution in [2.45, 2.75) is 38.6 Å². The van der Waals surface area contributed by atoms with Crippen LogP contribution in [0.5, 0.6) is 0 Å². The molecule has 1 fully saturated rings. The van der Waals surface area contributed by atoms with Gasteiger partial charge in [-0.15, -0.1) is 0 Å². The molecule has 1 nitrogen and oxygen atoms in total. The van der Waals surface area contributed by atoms with E-state index in [1.165, 1.54) is 18.4 Å². The van der Waals surface area contributed by atoms with Crippen molar-refractivity contribution in [2.75, 3.05) is 0 Å². The zero-order valence-corrected chi connectivity index (χ0v) is 10.8. The van der Waals surface area contributed by atoms with Gasteiger partial charge in [-0.1, -0.05) is 50.4 Å². The maximum atomic E-state index is 6.62. The second-order valence-corrected chi connectivity index (χ2v) is 5.64. The maximum Gasteiger partial charge on any atom is 0.0438 e. The fourth-order valence-electron chi connectivity index (χ4n) is 2.87. The molecule has 3 unspecified atom stereocenters. The number of hydrogen-bond acceptors (Lipinski definition) is 1. The lowest BCUT2D eigenvalue weighted by Crippen LogP contribution is -2.48. The zero-order chi connectivity index (χ0) is 11.8. The largest absolute Gasteiger partial charge is 0.321 e. The van der Waals surface area contributed by atoms with Gasteiger partial charge >= 0.3 is 0 Å². The van der Waals surface area contributed by atoms with E-state index in [-0.39, 0.29) is 5.54 Å². The van der Waals surface area contributed by atoms with Gasteiger partial charge in [-0.3, -0.25) is 0 Å². The molecule has 0 spiro atoms. The van der Waals surface area contributed by atoms with Crippen molar-refractivity contribution in [3.05, 3.63) is 34.9 Å². The van der Waals surface area contributed by atoms with Crippen LogP contribution in [0.4, 0.5) is 0 Å². The molecule has 3 atom stereocenters. The summed E-state index contributed by atoms with van der Waals surface area (Å²) in [5.74, 6) is 1.23. The third-order valence-corrected chi connectivity index (χ3v) is 4.55. The molecule has 2 heteroatoms. The molecule has 1 aromatic carbocycles. The zero-order valence-electron chi connectivity index (χ0n) is 10.0. The van der Waals surface area contributed by atoms with Crippen molar-refractivity contribution < 1.29 is 0 Å². The molecular weight excluding hydrogens is 218 g/mol. The SMILES string of the molecule is CC1CCCC(N)(c2ccc(Cl)cc2)C1C. The van der Waals surface area contributed by atoms with Gasteiger partial charge in [0.2, 0.25) is 0 Å². The molecule has 2 N–H and O–H groups in total. The van der Waals surface area contributed by atoms with Crippen LogP contribution in [0, 0.1) is 11.8 Å². The third-order valence-electron chi connectivity index (χ3n) is 4.30. The molecule has 16 heavy (non-hydrogen) atoms. The minimum Gasteiger partial charge on any atom is -0.321 e. The molecule has 0 heterocycles. The first kappa shape index (κ1) is 11.9. The highest BCUT2D eigenvalue weighted by Gasteiger charge is 2.39. The van der Waals surface area contributed by atoms with Crippen molar-refractivity contribution in [2.24, 2.45) is 17.6 Å². The molecule has 0 radical (unpaired) electrons. The van der Waals surface area contributed by atoms with Crippen molar-refractivity contribution in [3.63, 3.8) is 0 Å². The summed E-state index contributed by atoms with van der Waals surface area (Å²) in [6, 6.07) is 8.04. The van der Waals surface area contributed by atoms with Crippen molar-refractivity contribution in [1.29, 1.82) is 0 Å². The van der Waals surface area contributed by atoms with Crippen LogP contribution in [0.25, 0.3) is 0 Å². The number of benzene rings is 1. The average Bonchev–Trinajstić information content (AvgIpc) is 2.27. The molecule has 1 aliphatic rings. The van der Waals surface area contributed by atoms with Gasteiger partial charge in [0.1, 0.15) is 0 Å². The first-order valence-corrected chi connectivity index (χ1v) is 6.47. The predicted molar refractivity (Wildman–Crippen MR) is 69.5 cm³/mol. The lowest BCUT2D eigenvalue weighted by molar-refractivity contribution is 0.144. The normalized spacial score (nSPS) is 35.0. The van der Waals surface area contributed by atoms with E-state index in [4.69, 9.17) is 17.3 Å². The molecule has 0 aromatic heterocycles. The topological polar surface area (TPSA) is 26.0 Å². The smallest absolute Gasteiger partial charge is 0.0438 e. The van der Waals surface area contributed by atoms with Crippen molar-refractivity contribution >= 4 is 11.6 Å². The van der Waals surface area contributed by atoms with Crippen LogP contribution in [0.3, 0.4) is 0 Å². The van der Waals surface area contributed by atoms with E-state index in [0.717, 1.165) is 11.4 Å². The van der Waals surface area contributed by atoms with Gasteiger partial charge in [0.05, 0.1) is 0 Å². The molecule has 1 saturated carbocycles. The van der Waals surface area contributed by atoms with Crippen LogP contribution in [-0.2, 0) is 5.54 Å². The lowest BCUT2D eigenvalue weighted by Gasteiger charge is -2.43. The Bertz CT molecular complexity index is 360. The van der Waals surface area contributed by atoms with E-state index in [0.29, 0.717) is 11.8 Å². The van der Waals surface area contributed by atoms with E-state index < -0.39 is 0 Å². The monoisotopic (exact) mass is 237 g/mol. The Balaban J connectivity index is 2.33. The molecule has 0 amide bonds. The quantitative estimate of drug-likeness (QED) is 0.787. The van der Waals surface area contributed by atoms with Gasteiger partial charge in [0.15, 0.2) is 0 Å². The standard InChI is InChI=1S/C14H20ClN/c1-10-4-3-9-14(16,11(10)2)12-5-7-13(15)8-6-12/h5-8,10-11H,3-4,9,16H2,1-2H3. The van der Waals surface area contributed by atoms with Gasteiger partial charge in [-0.25, -0.2) is 0 Å². The number of halogens is 1. The number of nitrogens with two attached hydrogens (primary N) is 1. The van der Waals surface area contributed by atoms with Crippen LogP contribution in [-0.4, -0.2) is 0 Å². The van der Waals surface area contributed by atoms with E-state index in [1.54, 1.807) is 0 Å². The number of rotatable bonds is 1. The van der Waals surface area contributed by atoms with Crippen LogP contribution in [0.2, 0.25) is 5.02 Å². The van der Waals surface area contributed by atoms with Crippen LogP contribution in [0.15, 0.2) is 24.3 Å². The molecule has 88 valence electrons. The van der Waals surface area contributed by atoms with E-state index >= 15 is 0 Å². The van der Waals surface area contributed by atoms with Crippen LogP contribution in [0.1, 0.15) is 38.7 Å². The Labute approximate surface area is 103 Å². The van der Waals surface area contributed by atoms with Gasteiger partial charge in [0.25, 0.3) is 0 Å². The van der Waals surface area contributed by atoms with Gasteiger partial charge in [0, 0.05) is 10.6 Å². The molecule has 0 aliphatic heterocycles. The van der Waals surface area contributed by atoms with Crippen LogP contribution < -0.4 is 5.73 Å². The lowest BCUT2D eigenvalue weighted by atomic mass is 9.66. The van der Waals surface area contributed by atoms with Gasteiger partial charge < -0.3 is 5.73 Å². The first-order chi connectivity index (χ1) is 7.54. The summed E-state index contributed by atoms with van der Waals surface area (Å²) in [5.41, 5.74) is 7.69. The maximum absolute atomic E-state index is 6.62. The van der Waals surface area contributed by atoms with Crippen molar-refractivity contribution in [3.8, 4) is 0 Å².